The number of nitrogens with zero attached hydrogens (tertiary/aromatic N) is 3. The van der Waals surface area contributed by atoms with Crippen LogP contribution in [0.5, 0.6) is 0 Å². The quantitative estimate of drug-likeness (QED) is 0.891. The number of amides is 1. The molecular formula is C20H28N4O2. The molecule has 26 heavy (non-hydrogen) atoms. The van der Waals surface area contributed by atoms with Crippen molar-refractivity contribution in [3.8, 4) is 0 Å². The summed E-state index contributed by atoms with van der Waals surface area (Å²) in [6.07, 6.45) is 1.99. The third-order valence-corrected chi connectivity index (χ3v) is 5.00. The number of piperidine rings is 1. The number of hydrogen-bond acceptors (Lipinski definition) is 4. The van der Waals surface area contributed by atoms with Gasteiger partial charge in [0.05, 0.1) is 5.39 Å². The number of likely N-dealkylation sites (tertiary alicyclic amines) is 1. The van der Waals surface area contributed by atoms with Crippen LogP contribution in [0, 0.1) is 11.8 Å². The van der Waals surface area contributed by atoms with Crippen LogP contribution in [0.2, 0.25) is 0 Å². The molecule has 0 aliphatic carbocycles. The Labute approximate surface area is 154 Å². The van der Waals surface area contributed by atoms with E-state index in [0.717, 1.165) is 32.5 Å². The molecule has 1 fully saturated rings. The molecule has 0 saturated carbocycles. The smallest absolute Gasteiger partial charge is 0.274 e. The molecule has 1 aliphatic heterocycles. The fourth-order valence-corrected chi connectivity index (χ4v) is 3.64. The standard InChI is InChI=1S/C20H28N4O2/c1-14(2)13-24-19(25)17-7-5-4-6-16(17)18(22-24)20(26)23-10-8-15(9-11-23)12-21-3/h4-7,14-15,21H,8-13H2,1-3H3. The van der Waals surface area contributed by atoms with Gasteiger partial charge in [-0.05, 0) is 44.3 Å². The number of rotatable bonds is 5. The van der Waals surface area contributed by atoms with Gasteiger partial charge in [0.25, 0.3) is 11.5 Å². The van der Waals surface area contributed by atoms with E-state index in [-0.39, 0.29) is 17.4 Å². The van der Waals surface area contributed by atoms with Gasteiger partial charge in [-0.2, -0.15) is 5.10 Å². The Balaban J connectivity index is 1.95. The molecule has 1 saturated heterocycles. The van der Waals surface area contributed by atoms with Crippen molar-refractivity contribution in [1.82, 2.24) is 20.0 Å². The van der Waals surface area contributed by atoms with Crippen molar-refractivity contribution >= 4 is 16.7 Å². The molecule has 1 amide bonds. The highest BCUT2D eigenvalue weighted by molar-refractivity contribution is 6.04. The molecule has 0 bridgehead atoms. The molecule has 1 aromatic heterocycles. The summed E-state index contributed by atoms with van der Waals surface area (Å²) in [6, 6.07) is 7.30. The number of benzene rings is 1. The Morgan fingerprint density at radius 3 is 2.50 bits per heavy atom. The zero-order valence-electron chi connectivity index (χ0n) is 15.9. The summed E-state index contributed by atoms with van der Waals surface area (Å²) >= 11 is 0. The van der Waals surface area contributed by atoms with E-state index in [2.05, 4.69) is 10.4 Å². The van der Waals surface area contributed by atoms with Gasteiger partial charge in [0.1, 0.15) is 0 Å². The highest BCUT2D eigenvalue weighted by Crippen LogP contribution is 2.21. The molecule has 1 aliphatic rings. The second-order valence-corrected chi connectivity index (χ2v) is 7.57. The van der Waals surface area contributed by atoms with E-state index in [1.807, 2.05) is 44.0 Å². The molecule has 140 valence electrons. The van der Waals surface area contributed by atoms with E-state index >= 15 is 0 Å². The third-order valence-electron chi connectivity index (χ3n) is 5.00. The van der Waals surface area contributed by atoms with Crippen molar-refractivity contribution in [2.75, 3.05) is 26.7 Å². The summed E-state index contributed by atoms with van der Waals surface area (Å²) < 4.78 is 1.45. The minimum absolute atomic E-state index is 0.0680. The van der Waals surface area contributed by atoms with Crippen molar-refractivity contribution in [2.45, 2.75) is 33.2 Å². The monoisotopic (exact) mass is 356 g/mol. The lowest BCUT2D eigenvalue weighted by molar-refractivity contribution is 0.0684. The fourth-order valence-electron chi connectivity index (χ4n) is 3.64. The largest absolute Gasteiger partial charge is 0.337 e. The Kier molecular flexibility index (Phi) is 5.71. The van der Waals surface area contributed by atoms with Gasteiger partial charge in [0.2, 0.25) is 0 Å². The molecule has 0 spiro atoms. The van der Waals surface area contributed by atoms with Gasteiger partial charge < -0.3 is 10.2 Å². The van der Waals surface area contributed by atoms with Crippen LogP contribution in [0.4, 0.5) is 0 Å². The second-order valence-electron chi connectivity index (χ2n) is 7.57. The Morgan fingerprint density at radius 1 is 1.23 bits per heavy atom. The first-order valence-corrected chi connectivity index (χ1v) is 9.45. The molecule has 2 aromatic rings. The maximum atomic E-state index is 13.2. The van der Waals surface area contributed by atoms with Crippen molar-refractivity contribution in [1.29, 1.82) is 0 Å². The van der Waals surface area contributed by atoms with Crippen LogP contribution in [0.1, 0.15) is 37.2 Å². The molecular weight excluding hydrogens is 328 g/mol. The summed E-state index contributed by atoms with van der Waals surface area (Å²) in [7, 11) is 1.96. The lowest BCUT2D eigenvalue weighted by atomic mass is 9.96. The Morgan fingerprint density at radius 2 is 1.88 bits per heavy atom. The molecule has 0 atom stereocenters. The number of carbonyl (C=O) groups excluding carboxylic acids is 1. The lowest BCUT2D eigenvalue weighted by Crippen LogP contribution is -2.41. The topological polar surface area (TPSA) is 67.2 Å². The molecule has 6 nitrogen and oxygen atoms in total. The third kappa shape index (κ3) is 3.80. The SMILES string of the molecule is CNCC1CCN(C(=O)c2nn(CC(C)C)c(=O)c3ccccc23)CC1. The number of fused-ring (bicyclic) bond motifs is 1. The minimum Gasteiger partial charge on any atom is -0.337 e. The Bertz CT molecular complexity index is 835. The van der Waals surface area contributed by atoms with Gasteiger partial charge in [-0.1, -0.05) is 32.0 Å². The molecule has 2 heterocycles. The number of hydrogen-bond donors (Lipinski definition) is 1. The van der Waals surface area contributed by atoms with Crippen molar-refractivity contribution in [3.63, 3.8) is 0 Å². The van der Waals surface area contributed by atoms with Gasteiger partial charge >= 0.3 is 0 Å². The van der Waals surface area contributed by atoms with Crippen molar-refractivity contribution < 1.29 is 4.79 Å². The van der Waals surface area contributed by atoms with E-state index < -0.39 is 0 Å². The van der Waals surface area contributed by atoms with E-state index in [1.54, 1.807) is 6.07 Å². The first-order chi connectivity index (χ1) is 12.5. The maximum absolute atomic E-state index is 13.2. The van der Waals surface area contributed by atoms with Crippen LogP contribution >= 0.6 is 0 Å². The predicted molar refractivity (Wildman–Crippen MR) is 103 cm³/mol. The van der Waals surface area contributed by atoms with Gasteiger partial charge in [-0.15, -0.1) is 0 Å². The molecule has 0 radical (unpaired) electrons. The zero-order chi connectivity index (χ0) is 18.7. The second kappa shape index (κ2) is 7.99. The summed E-state index contributed by atoms with van der Waals surface area (Å²) in [6.45, 7) is 7.06. The van der Waals surface area contributed by atoms with Crippen LogP contribution in [-0.4, -0.2) is 47.3 Å². The Hall–Kier alpha value is -2.21. The first-order valence-electron chi connectivity index (χ1n) is 9.45. The van der Waals surface area contributed by atoms with E-state index in [4.69, 9.17) is 0 Å². The highest BCUT2D eigenvalue weighted by Gasteiger charge is 2.26. The number of aromatic nitrogens is 2. The molecule has 3 rings (SSSR count). The minimum atomic E-state index is -0.126. The molecule has 6 heteroatoms. The van der Waals surface area contributed by atoms with Gasteiger partial charge in [-0.3, -0.25) is 9.59 Å². The molecule has 1 N–H and O–H groups in total. The molecule has 1 aromatic carbocycles. The summed E-state index contributed by atoms with van der Waals surface area (Å²) in [5.74, 6) is 0.826. The number of carbonyl (C=O) groups is 1. The normalized spacial score (nSPS) is 15.8. The first kappa shape index (κ1) is 18.6. The van der Waals surface area contributed by atoms with Crippen molar-refractivity contribution in [3.05, 3.63) is 40.3 Å². The fraction of sp³-hybridized carbons (Fsp3) is 0.550. The van der Waals surface area contributed by atoms with Crippen LogP contribution in [0.15, 0.2) is 29.1 Å². The average molecular weight is 356 g/mol. The predicted octanol–water partition coefficient (Wildman–Crippen LogP) is 2.12. The van der Waals surface area contributed by atoms with E-state index in [9.17, 15) is 9.59 Å². The highest BCUT2D eigenvalue weighted by atomic mass is 16.2. The molecule has 0 unspecified atom stereocenters. The van der Waals surface area contributed by atoms with Crippen LogP contribution < -0.4 is 10.9 Å². The lowest BCUT2D eigenvalue weighted by Gasteiger charge is -2.32. The van der Waals surface area contributed by atoms with Crippen molar-refractivity contribution in [2.24, 2.45) is 11.8 Å². The maximum Gasteiger partial charge on any atom is 0.274 e. The van der Waals surface area contributed by atoms with Crippen LogP contribution in [0.3, 0.4) is 0 Å². The average Bonchev–Trinajstić information content (AvgIpc) is 2.64. The zero-order valence-corrected chi connectivity index (χ0v) is 15.9. The van der Waals surface area contributed by atoms with Gasteiger partial charge in [-0.25, -0.2) is 4.68 Å². The van der Waals surface area contributed by atoms with E-state index in [1.165, 1.54) is 4.68 Å². The van der Waals surface area contributed by atoms with E-state index in [0.29, 0.717) is 28.9 Å². The van der Waals surface area contributed by atoms with Gasteiger partial charge in [0, 0.05) is 25.0 Å². The summed E-state index contributed by atoms with van der Waals surface area (Å²) in [5.41, 5.74) is 0.270. The van der Waals surface area contributed by atoms with Gasteiger partial charge in [0.15, 0.2) is 5.69 Å². The summed E-state index contributed by atoms with van der Waals surface area (Å²) in [4.78, 5) is 27.7. The van der Waals surface area contributed by atoms with Crippen LogP contribution in [0.25, 0.3) is 10.8 Å². The summed E-state index contributed by atoms with van der Waals surface area (Å²) in [5, 5.41) is 8.91. The number of nitrogens with one attached hydrogen (secondary N) is 1. The van der Waals surface area contributed by atoms with Crippen LogP contribution in [-0.2, 0) is 6.54 Å².